The van der Waals surface area contributed by atoms with Gasteiger partial charge < -0.3 is 14.2 Å². The molecule has 6 nitrogen and oxygen atoms in total. The number of amides is 1. The summed E-state index contributed by atoms with van der Waals surface area (Å²) in [6.45, 7) is 1.45. The van der Waals surface area contributed by atoms with Crippen LogP contribution in [0.2, 0.25) is 0 Å². The van der Waals surface area contributed by atoms with Gasteiger partial charge in [0, 0.05) is 31.0 Å². The summed E-state index contributed by atoms with van der Waals surface area (Å²) in [5, 5.41) is 7.59. The quantitative estimate of drug-likeness (QED) is 0.366. The second-order valence-electron chi connectivity index (χ2n) is 9.85. The number of hydrogen-bond donors (Lipinski definition) is 0. The molecule has 3 aromatic rings. The Labute approximate surface area is 218 Å². The molecule has 0 N–H and O–H groups in total. The monoisotopic (exact) mass is 556 g/mol. The number of carbonyl (C=O) groups is 1. The van der Waals surface area contributed by atoms with Gasteiger partial charge in [-0.15, -0.1) is 10.2 Å². The van der Waals surface area contributed by atoms with Gasteiger partial charge in [-0.2, -0.15) is 26.3 Å². The van der Waals surface area contributed by atoms with Crippen molar-refractivity contribution in [2.75, 3.05) is 6.54 Å². The average molecular weight is 556 g/mol. The second kappa shape index (κ2) is 9.92. The van der Waals surface area contributed by atoms with Gasteiger partial charge in [-0.05, 0) is 54.8 Å². The molecule has 1 amide bonds. The number of alkyl halides is 6. The van der Waals surface area contributed by atoms with E-state index in [1.165, 1.54) is 31.7 Å². The number of fused-ring (bicyclic) bond motifs is 1. The zero-order chi connectivity index (χ0) is 28.1. The van der Waals surface area contributed by atoms with Crippen molar-refractivity contribution >= 4 is 5.91 Å². The standard InChI is InChI=1S/C26H23F7N4O2/c1-14(16-6-17(25(28,29)30)8-18(7-16)26(31,32)33)39-22-11-37-21(24(22)15-2-4-19(27)5-3-15)9-20(10-23(37)38)36-12-34-35-13-36/h2-8,12-14,20-22,24H,9-11H2,1H3/t14-,20?,21?,22+,24+/m1/s1. The molecule has 2 aliphatic rings. The third-order valence-corrected chi connectivity index (χ3v) is 7.41. The van der Waals surface area contributed by atoms with Crippen LogP contribution >= 0.6 is 0 Å². The van der Waals surface area contributed by atoms with Crippen LogP contribution < -0.4 is 0 Å². The molecule has 2 aliphatic heterocycles. The fraction of sp³-hybridized carbons (Fsp3) is 0.423. The summed E-state index contributed by atoms with van der Waals surface area (Å²) < 4.78 is 102. The lowest BCUT2D eigenvalue weighted by molar-refractivity contribution is -0.143. The highest BCUT2D eigenvalue weighted by atomic mass is 19.4. The Kier molecular flexibility index (Phi) is 6.90. The highest BCUT2D eigenvalue weighted by Gasteiger charge is 2.50. The van der Waals surface area contributed by atoms with Crippen molar-refractivity contribution in [3.05, 3.63) is 83.2 Å². The third kappa shape index (κ3) is 5.49. The maximum atomic E-state index is 13.7. The summed E-state index contributed by atoms with van der Waals surface area (Å²) in [6.07, 6.45) is -8.31. The van der Waals surface area contributed by atoms with E-state index in [0.717, 1.165) is 0 Å². The molecule has 0 spiro atoms. The summed E-state index contributed by atoms with van der Waals surface area (Å²) in [5.41, 5.74) is -2.53. The zero-order valence-electron chi connectivity index (χ0n) is 20.5. The molecular formula is C26H23F7N4O2. The van der Waals surface area contributed by atoms with Gasteiger partial charge in [-0.3, -0.25) is 4.79 Å². The highest BCUT2D eigenvalue weighted by molar-refractivity contribution is 5.78. The van der Waals surface area contributed by atoms with E-state index in [0.29, 0.717) is 24.1 Å². The first-order valence-corrected chi connectivity index (χ1v) is 12.1. The molecule has 0 bridgehead atoms. The van der Waals surface area contributed by atoms with E-state index in [4.69, 9.17) is 4.74 Å². The molecule has 2 aromatic carbocycles. The maximum absolute atomic E-state index is 13.7. The number of carbonyl (C=O) groups excluding carboxylic acids is 1. The summed E-state index contributed by atoms with van der Waals surface area (Å²) >= 11 is 0. The van der Waals surface area contributed by atoms with Gasteiger partial charge in [0.2, 0.25) is 5.91 Å². The van der Waals surface area contributed by atoms with Gasteiger partial charge in [0.1, 0.15) is 18.5 Å². The van der Waals surface area contributed by atoms with E-state index < -0.39 is 53.5 Å². The third-order valence-electron chi connectivity index (χ3n) is 7.41. The molecule has 2 fully saturated rings. The Morgan fingerprint density at radius 1 is 0.949 bits per heavy atom. The zero-order valence-corrected chi connectivity index (χ0v) is 20.5. The number of hydrogen-bond acceptors (Lipinski definition) is 4. The van der Waals surface area contributed by atoms with Gasteiger partial charge in [-0.25, -0.2) is 4.39 Å². The molecule has 0 saturated carbocycles. The number of ether oxygens (including phenoxy) is 1. The Morgan fingerprint density at radius 2 is 1.54 bits per heavy atom. The Hall–Kier alpha value is -3.48. The predicted molar refractivity (Wildman–Crippen MR) is 123 cm³/mol. The van der Waals surface area contributed by atoms with Crippen LogP contribution in [0.4, 0.5) is 30.7 Å². The molecule has 208 valence electrons. The second-order valence-corrected chi connectivity index (χ2v) is 9.85. The van der Waals surface area contributed by atoms with Gasteiger partial charge in [0.25, 0.3) is 0 Å². The summed E-state index contributed by atoms with van der Waals surface area (Å²) in [5.74, 6) is -1.18. The van der Waals surface area contributed by atoms with E-state index in [1.54, 1.807) is 21.6 Å². The van der Waals surface area contributed by atoms with E-state index >= 15 is 0 Å². The first kappa shape index (κ1) is 27.1. The SMILES string of the molecule is C[C@@H](O[C@H]1CN2C(=O)CC(n3cnnc3)CC2[C@@H]1c1ccc(F)cc1)c1cc(C(F)(F)F)cc(C(F)(F)F)c1. The van der Waals surface area contributed by atoms with Crippen LogP contribution in [0.25, 0.3) is 0 Å². The molecule has 2 saturated heterocycles. The van der Waals surface area contributed by atoms with Crippen molar-refractivity contribution < 1.29 is 40.3 Å². The van der Waals surface area contributed by atoms with Gasteiger partial charge >= 0.3 is 12.4 Å². The van der Waals surface area contributed by atoms with Crippen LogP contribution in [0.5, 0.6) is 0 Å². The van der Waals surface area contributed by atoms with Crippen molar-refractivity contribution in [3.8, 4) is 0 Å². The van der Waals surface area contributed by atoms with E-state index in [1.807, 2.05) is 0 Å². The molecule has 0 aliphatic carbocycles. The van der Waals surface area contributed by atoms with Crippen molar-refractivity contribution in [2.24, 2.45) is 0 Å². The van der Waals surface area contributed by atoms with Crippen molar-refractivity contribution in [1.82, 2.24) is 19.7 Å². The molecule has 39 heavy (non-hydrogen) atoms. The lowest BCUT2D eigenvalue weighted by Crippen LogP contribution is -2.44. The van der Waals surface area contributed by atoms with Crippen LogP contribution in [-0.4, -0.2) is 44.3 Å². The molecule has 13 heteroatoms. The predicted octanol–water partition coefficient (Wildman–Crippen LogP) is 5.93. The lowest BCUT2D eigenvalue weighted by atomic mass is 9.84. The molecule has 2 unspecified atom stereocenters. The number of nitrogens with zero attached hydrogens (tertiary/aromatic N) is 4. The van der Waals surface area contributed by atoms with Crippen LogP contribution in [0.1, 0.15) is 60.1 Å². The normalized spacial score (nSPS) is 24.6. The number of rotatable bonds is 5. The molecule has 5 atom stereocenters. The number of benzene rings is 2. The van der Waals surface area contributed by atoms with Crippen LogP contribution in [0.3, 0.4) is 0 Å². The van der Waals surface area contributed by atoms with Gasteiger partial charge in [-0.1, -0.05) is 12.1 Å². The van der Waals surface area contributed by atoms with Crippen LogP contribution in [0.15, 0.2) is 55.1 Å². The summed E-state index contributed by atoms with van der Waals surface area (Å²) in [7, 11) is 0. The van der Waals surface area contributed by atoms with Crippen molar-refractivity contribution in [3.63, 3.8) is 0 Å². The maximum Gasteiger partial charge on any atom is 0.416 e. The van der Waals surface area contributed by atoms with Gasteiger partial charge in [0.05, 0.1) is 23.3 Å². The largest absolute Gasteiger partial charge is 0.416 e. The molecule has 3 heterocycles. The number of halogens is 7. The highest BCUT2D eigenvalue weighted by Crippen LogP contribution is 2.45. The first-order valence-electron chi connectivity index (χ1n) is 12.1. The van der Waals surface area contributed by atoms with Crippen LogP contribution in [0, 0.1) is 5.82 Å². The van der Waals surface area contributed by atoms with Gasteiger partial charge in [0.15, 0.2) is 0 Å². The molecule has 0 radical (unpaired) electrons. The fourth-order valence-corrected chi connectivity index (χ4v) is 5.55. The molecule has 1 aromatic heterocycles. The molecule has 5 rings (SSSR count). The minimum absolute atomic E-state index is 0.0666. The van der Waals surface area contributed by atoms with Crippen LogP contribution in [-0.2, 0) is 21.9 Å². The number of piperidine rings is 1. The lowest BCUT2D eigenvalue weighted by Gasteiger charge is -2.37. The van der Waals surface area contributed by atoms with Crippen molar-refractivity contribution in [2.45, 2.75) is 62.3 Å². The van der Waals surface area contributed by atoms with E-state index in [-0.39, 0.29) is 36.5 Å². The fourth-order valence-electron chi connectivity index (χ4n) is 5.55. The topological polar surface area (TPSA) is 60.2 Å². The first-order chi connectivity index (χ1) is 18.3. The van der Waals surface area contributed by atoms with E-state index in [2.05, 4.69) is 10.2 Å². The average Bonchev–Trinajstić information content (AvgIpc) is 3.52. The van der Waals surface area contributed by atoms with E-state index in [9.17, 15) is 35.5 Å². The Bertz CT molecular complexity index is 1290. The molecular weight excluding hydrogens is 533 g/mol. The summed E-state index contributed by atoms with van der Waals surface area (Å²) in [6, 6.07) is 6.28. The minimum atomic E-state index is -5.00. The summed E-state index contributed by atoms with van der Waals surface area (Å²) in [4.78, 5) is 14.8. The number of aromatic nitrogens is 3. The van der Waals surface area contributed by atoms with Crippen molar-refractivity contribution in [1.29, 1.82) is 0 Å². The Balaban J connectivity index is 1.48. The Morgan fingerprint density at radius 3 is 2.10 bits per heavy atom. The minimum Gasteiger partial charge on any atom is -0.368 e. The smallest absolute Gasteiger partial charge is 0.368 e.